The average Bonchev–Trinajstić information content (AvgIpc) is 2.93. The van der Waals surface area contributed by atoms with Crippen molar-refractivity contribution < 1.29 is 22.4 Å². The van der Waals surface area contributed by atoms with Gasteiger partial charge in [0.1, 0.15) is 10.8 Å². The van der Waals surface area contributed by atoms with Gasteiger partial charge in [-0.05, 0) is 47.1 Å². The van der Waals surface area contributed by atoms with Gasteiger partial charge in [0, 0.05) is 30.1 Å². The second kappa shape index (κ2) is 6.37. The molecule has 0 saturated heterocycles. The molecule has 0 spiro atoms. The molecule has 2 aromatic rings. The summed E-state index contributed by atoms with van der Waals surface area (Å²) in [4.78, 5) is 24.5. The molecule has 0 unspecified atom stereocenters. The van der Waals surface area contributed by atoms with Gasteiger partial charge in [0.05, 0.1) is 4.47 Å². The van der Waals surface area contributed by atoms with Crippen LogP contribution in [0, 0.1) is 5.82 Å². The number of nitrogens with zero attached hydrogens (tertiary/aromatic N) is 1. The highest BCUT2D eigenvalue weighted by molar-refractivity contribution is 9.10. The average molecular weight is 402 g/mol. The van der Waals surface area contributed by atoms with Crippen LogP contribution < -0.4 is 0 Å². The van der Waals surface area contributed by atoms with Gasteiger partial charge >= 0.3 is 0 Å². The lowest BCUT2D eigenvalue weighted by atomic mass is 10.0. The normalized spacial score (nSPS) is 11.5. The Balaban J connectivity index is 2.42. The number of aryl methyl sites for hydroxylation is 1. The molecule has 1 aromatic heterocycles. The SMILES string of the molecule is CCn1cc(C(=O)C(=O)c2ccc(F)c(Br)c2)cc1S(C)(=O)=O. The molecule has 23 heavy (non-hydrogen) atoms. The third-order valence-electron chi connectivity index (χ3n) is 3.23. The van der Waals surface area contributed by atoms with E-state index in [0.717, 1.165) is 12.3 Å². The highest BCUT2D eigenvalue weighted by Gasteiger charge is 2.24. The third-order valence-corrected chi connectivity index (χ3v) is 4.95. The molecule has 8 heteroatoms. The summed E-state index contributed by atoms with van der Waals surface area (Å²) in [5.74, 6) is -2.23. The topological polar surface area (TPSA) is 73.2 Å². The zero-order valence-corrected chi connectivity index (χ0v) is 14.7. The minimum absolute atomic E-state index is 0.0160. The second-order valence-corrected chi connectivity index (χ2v) is 7.73. The van der Waals surface area contributed by atoms with Crippen molar-refractivity contribution in [1.82, 2.24) is 4.57 Å². The minimum Gasteiger partial charge on any atom is -0.338 e. The molecule has 0 saturated carbocycles. The summed E-state index contributed by atoms with van der Waals surface area (Å²) in [5.41, 5.74) is 0.00570. The number of carbonyl (C=O) groups excluding carboxylic acids is 2. The van der Waals surface area contributed by atoms with Crippen LogP contribution in [-0.2, 0) is 16.4 Å². The summed E-state index contributed by atoms with van der Waals surface area (Å²) < 4.78 is 38.1. The monoisotopic (exact) mass is 401 g/mol. The van der Waals surface area contributed by atoms with Gasteiger partial charge in [0.15, 0.2) is 9.84 Å². The Morgan fingerprint density at radius 2 is 1.78 bits per heavy atom. The van der Waals surface area contributed by atoms with Gasteiger partial charge in [-0.1, -0.05) is 0 Å². The quantitative estimate of drug-likeness (QED) is 0.570. The van der Waals surface area contributed by atoms with Crippen molar-refractivity contribution in [3.8, 4) is 0 Å². The number of sulfone groups is 1. The predicted octanol–water partition coefficient (Wildman–Crippen LogP) is 2.88. The van der Waals surface area contributed by atoms with Crippen LogP contribution in [0.5, 0.6) is 0 Å². The van der Waals surface area contributed by atoms with Crippen LogP contribution in [0.3, 0.4) is 0 Å². The molecule has 0 atom stereocenters. The van der Waals surface area contributed by atoms with Crippen LogP contribution >= 0.6 is 15.9 Å². The Morgan fingerprint density at radius 3 is 2.26 bits per heavy atom. The van der Waals surface area contributed by atoms with Crippen molar-refractivity contribution in [3.05, 3.63) is 51.9 Å². The molecule has 0 N–H and O–H groups in total. The zero-order chi connectivity index (χ0) is 17.4. The number of hydrogen-bond acceptors (Lipinski definition) is 4. The van der Waals surface area contributed by atoms with Crippen LogP contribution in [0.2, 0.25) is 0 Å². The first-order valence-corrected chi connectivity index (χ1v) is 9.28. The highest BCUT2D eigenvalue weighted by Crippen LogP contribution is 2.20. The molecule has 0 amide bonds. The fraction of sp³-hybridized carbons (Fsp3) is 0.200. The van der Waals surface area contributed by atoms with Gasteiger partial charge in [-0.3, -0.25) is 9.59 Å². The predicted molar refractivity (Wildman–Crippen MR) is 86.0 cm³/mol. The Bertz CT molecular complexity index is 902. The van der Waals surface area contributed by atoms with Gasteiger partial charge in [0.2, 0.25) is 11.6 Å². The van der Waals surface area contributed by atoms with E-state index in [1.807, 2.05) is 0 Å². The number of rotatable bonds is 5. The number of hydrogen-bond donors (Lipinski definition) is 0. The minimum atomic E-state index is -3.52. The summed E-state index contributed by atoms with van der Waals surface area (Å²) in [5, 5.41) is -0.0311. The van der Waals surface area contributed by atoms with E-state index in [4.69, 9.17) is 0 Å². The van der Waals surface area contributed by atoms with Crippen LogP contribution in [0.4, 0.5) is 4.39 Å². The van der Waals surface area contributed by atoms with E-state index in [-0.39, 0.29) is 20.6 Å². The van der Waals surface area contributed by atoms with Crippen molar-refractivity contribution in [2.75, 3.05) is 6.26 Å². The van der Waals surface area contributed by atoms with E-state index >= 15 is 0 Å². The Hall–Kier alpha value is -1.80. The zero-order valence-electron chi connectivity index (χ0n) is 12.3. The second-order valence-electron chi connectivity index (χ2n) is 4.91. The Labute approximate surface area is 141 Å². The fourth-order valence-corrected chi connectivity index (χ4v) is 3.40. The smallest absolute Gasteiger partial charge is 0.235 e. The van der Waals surface area contributed by atoms with Gasteiger partial charge in [0.25, 0.3) is 0 Å². The van der Waals surface area contributed by atoms with E-state index in [9.17, 15) is 22.4 Å². The first-order chi connectivity index (χ1) is 10.6. The lowest BCUT2D eigenvalue weighted by Gasteiger charge is -2.02. The number of benzene rings is 1. The van der Waals surface area contributed by atoms with Crippen LogP contribution in [0.1, 0.15) is 27.6 Å². The molecule has 5 nitrogen and oxygen atoms in total. The van der Waals surface area contributed by atoms with E-state index in [1.54, 1.807) is 6.92 Å². The highest BCUT2D eigenvalue weighted by atomic mass is 79.9. The van der Waals surface area contributed by atoms with Crippen molar-refractivity contribution in [3.63, 3.8) is 0 Å². The molecule has 0 radical (unpaired) electrons. The van der Waals surface area contributed by atoms with Crippen molar-refractivity contribution in [2.24, 2.45) is 0 Å². The lowest BCUT2D eigenvalue weighted by Crippen LogP contribution is -2.14. The number of ketones is 2. The third kappa shape index (κ3) is 3.59. The Kier molecular flexibility index (Phi) is 4.86. The van der Waals surface area contributed by atoms with Crippen LogP contribution in [0.25, 0.3) is 0 Å². The van der Waals surface area contributed by atoms with Gasteiger partial charge in [-0.15, -0.1) is 0 Å². The summed E-state index contributed by atoms with van der Waals surface area (Å²) >= 11 is 2.95. The van der Waals surface area contributed by atoms with Gasteiger partial charge < -0.3 is 4.57 Å². The van der Waals surface area contributed by atoms with Crippen LogP contribution in [0.15, 0.2) is 40.0 Å². The summed E-state index contributed by atoms with van der Waals surface area (Å²) in [6, 6.07) is 4.67. The molecule has 122 valence electrons. The molecule has 0 fully saturated rings. The largest absolute Gasteiger partial charge is 0.338 e. The molecule has 2 rings (SSSR count). The summed E-state index contributed by atoms with van der Waals surface area (Å²) in [6.45, 7) is 2.06. The van der Waals surface area contributed by atoms with Crippen molar-refractivity contribution in [1.29, 1.82) is 0 Å². The summed E-state index contributed by atoms with van der Waals surface area (Å²) in [7, 11) is -3.52. The molecule has 0 bridgehead atoms. The van der Waals surface area contributed by atoms with Crippen molar-refractivity contribution >= 4 is 37.3 Å². The molecular weight excluding hydrogens is 389 g/mol. The lowest BCUT2D eigenvalue weighted by molar-refractivity contribution is 0.0817. The molecule has 0 aliphatic rings. The molecule has 0 aliphatic heterocycles. The first kappa shape index (κ1) is 17.6. The van der Waals surface area contributed by atoms with Crippen LogP contribution in [-0.4, -0.2) is 30.8 Å². The molecule has 1 aromatic carbocycles. The number of halogens is 2. The maximum Gasteiger partial charge on any atom is 0.235 e. The molecule has 1 heterocycles. The standard InChI is InChI=1S/C15H13BrFNO4S/c1-3-18-8-10(7-13(18)23(2,21)22)15(20)14(19)9-4-5-12(17)11(16)6-9/h4-8H,3H2,1-2H3. The molecule has 0 aliphatic carbocycles. The maximum atomic E-state index is 13.2. The Morgan fingerprint density at radius 1 is 1.17 bits per heavy atom. The summed E-state index contributed by atoms with van der Waals surface area (Å²) in [6.07, 6.45) is 2.36. The number of aromatic nitrogens is 1. The number of carbonyl (C=O) groups is 2. The maximum absolute atomic E-state index is 13.2. The fourth-order valence-electron chi connectivity index (χ4n) is 2.08. The van der Waals surface area contributed by atoms with E-state index in [2.05, 4.69) is 15.9 Å². The number of Topliss-reactive ketones (excluding diaryl/α,β-unsaturated/α-hetero) is 2. The van der Waals surface area contributed by atoms with Gasteiger partial charge in [-0.25, -0.2) is 12.8 Å². The van der Waals surface area contributed by atoms with E-state index < -0.39 is 27.2 Å². The van der Waals surface area contributed by atoms with E-state index in [0.29, 0.717) is 6.54 Å². The van der Waals surface area contributed by atoms with E-state index in [1.165, 1.54) is 29.0 Å². The first-order valence-electron chi connectivity index (χ1n) is 6.59. The van der Waals surface area contributed by atoms with Gasteiger partial charge in [-0.2, -0.15) is 0 Å². The molecular formula is C15H13BrFNO4S. The van der Waals surface area contributed by atoms with Crippen molar-refractivity contribution in [2.45, 2.75) is 18.5 Å².